The van der Waals surface area contributed by atoms with Crippen LogP contribution in [0.3, 0.4) is 0 Å². The van der Waals surface area contributed by atoms with Crippen LogP contribution in [0, 0.1) is 5.82 Å². The Bertz CT molecular complexity index is 517. The summed E-state index contributed by atoms with van der Waals surface area (Å²) >= 11 is 0. The normalized spacial score (nSPS) is 11.0. The zero-order valence-electron chi connectivity index (χ0n) is 9.92. The summed E-state index contributed by atoms with van der Waals surface area (Å²) in [5.41, 5.74) is -1.11. The largest absolute Gasteiger partial charge is 0.478 e. The summed E-state index contributed by atoms with van der Waals surface area (Å²) in [5.74, 6) is -2.48. The van der Waals surface area contributed by atoms with Gasteiger partial charge in [-0.3, -0.25) is 0 Å². The number of halogens is 4. The van der Waals surface area contributed by atoms with Crippen molar-refractivity contribution >= 4 is 17.7 Å². The van der Waals surface area contributed by atoms with Crippen LogP contribution in [0.5, 0.6) is 0 Å². The van der Waals surface area contributed by atoms with Gasteiger partial charge in [0.2, 0.25) is 0 Å². The van der Waals surface area contributed by atoms with Gasteiger partial charge in [-0.15, -0.1) is 0 Å². The van der Waals surface area contributed by atoms with Gasteiger partial charge < -0.3 is 15.7 Å². The lowest BCUT2D eigenvalue weighted by molar-refractivity contribution is -0.132. The SMILES string of the molecule is O=C(NCCC(F)(F)F)Nc1c(F)cccc1C(=O)O. The molecule has 0 aromatic heterocycles. The predicted octanol–water partition coefficient (Wildman–Crippen LogP) is 2.60. The maximum atomic E-state index is 13.4. The molecule has 0 saturated heterocycles. The van der Waals surface area contributed by atoms with E-state index in [2.05, 4.69) is 0 Å². The van der Waals surface area contributed by atoms with E-state index in [4.69, 9.17) is 5.11 Å². The van der Waals surface area contributed by atoms with Crippen molar-refractivity contribution in [3.05, 3.63) is 29.6 Å². The number of carbonyl (C=O) groups excluding carboxylic acids is 1. The number of anilines is 1. The van der Waals surface area contributed by atoms with Crippen LogP contribution in [0.15, 0.2) is 18.2 Å². The zero-order chi connectivity index (χ0) is 15.3. The summed E-state index contributed by atoms with van der Waals surface area (Å²) in [6, 6.07) is 1.97. The fourth-order valence-electron chi connectivity index (χ4n) is 1.30. The van der Waals surface area contributed by atoms with E-state index in [-0.39, 0.29) is 0 Å². The Hall–Kier alpha value is -2.32. The molecule has 0 bridgehead atoms. The van der Waals surface area contributed by atoms with Gasteiger partial charge in [0.1, 0.15) is 5.82 Å². The van der Waals surface area contributed by atoms with Crippen molar-refractivity contribution in [3.63, 3.8) is 0 Å². The molecule has 0 atom stereocenters. The van der Waals surface area contributed by atoms with Crippen molar-refractivity contribution in [2.24, 2.45) is 0 Å². The minimum Gasteiger partial charge on any atom is -0.478 e. The Morgan fingerprint density at radius 2 is 1.90 bits per heavy atom. The third-order valence-electron chi connectivity index (χ3n) is 2.18. The van der Waals surface area contributed by atoms with Crippen molar-refractivity contribution in [1.82, 2.24) is 5.32 Å². The Labute approximate surface area is 110 Å². The van der Waals surface area contributed by atoms with E-state index in [0.717, 1.165) is 18.2 Å². The first-order valence-corrected chi connectivity index (χ1v) is 5.34. The standard InChI is InChI=1S/C11H10F4N2O3/c12-7-3-1-2-6(9(18)19)8(7)17-10(20)16-5-4-11(13,14)15/h1-3H,4-5H2,(H,18,19)(H2,16,17,20). The Balaban J connectivity index is 2.69. The molecule has 5 nitrogen and oxygen atoms in total. The Morgan fingerprint density at radius 3 is 2.45 bits per heavy atom. The number of para-hydroxylation sites is 1. The van der Waals surface area contributed by atoms with Gasteiger partial charge in [0, 0.05) is 6.54 Å². The molecule has 0 radical (unpaired) electrons. The van der Waals surface area contributed by atoms with Gasteiger partial charge >= 0.3 is 18.2 Å². The molecule has 0 aliphatic heterocycles. The quantitative estimate of drug-likeness (QED) is 0.747. The van der Waals surface area contributed by atoms with Crippen LogP contribution in [0.25, 0.3) is 0 Å². The van der Waals surface area contributed by atoms with Crippen LogP contribution in [-0.2, 0) is 0 Å². The number of carboxylic acid groups (broad SMARTS) is 1. The smallest absolute Gasteiger partial charge is 0.390 e. The summed E-state index contributed by atoms with van der Waals surface area (Å²) in [7, 11) is 0. The van der Waals surface area contributed by atoms with Crippen molar-refractivity contribution in [3.8, 4) is 0 Å². The van der Waals surface area contributed by atoms with Crippen molar-refractivity contribution in [1.29, 1.82) is 0 Å². The molecule has 2 amide bonds. The topological polar surface area (TPSA) is 78.4 Å². The van der Waals surface area contributed by atoms with Crippen LogP contribution in [0.1, 0.15) is 16.8 Å². The molecule has 0 aliphatic carbocycles. The molecule has 1 aromatic carbocycles. The molecule has 0 aliphatic rings. The van der Waals surface area contributed by atoms with Crippen LogP contribution in [0.4, 0.5) is 28.0 Å². The number of amides is 2. The number of urea groups is 1. The van der Waals surface area contributed by atoms with Gasteiger partial charge in [-0.2, -0.15) is 13.2 Å². The average molecular weight is 294 g/mol. The first-order chi connectivity index (χ1) is 9.20. The van der Waals surface area contributed by atoms with Crippen LogP contribution in [-0.4, -0.2) is 29.8 Å². The fourth-order valence-corrected chi connectivity index (χ4v) is 1.30. The van der Waals surface area contributed by atoms with Crippen LogP contribution >= 0.6 is 0 Å². The lowest BCUT2D eigenvalue weighted by Gasteiger charge is -2.11. The first-order valence-electron chi connectivity index (χ1n) is 5.34. The lowest BCUT2D eigenvalue weighted by Crippen LogP contribution is -2.32. The molecule has 0 fully saturated rings. The molecule has 20 heavy (non-hydrogen) atoms. The molecule has 9 heteroatoms. The molecular weight excluding hydrogens is 284 g/mol. The number of hydrogen-bond acceptors (Lipinski definition) is 2. The van der Waals surface area contributed by atoms with Gasteiger partial charge in [0.05, 0.1) is 17.7 Å². The van der Waals surface area contributed by atoms with Gasteiger partial charge in [-0.05, 0) is 12.1 Å². The van der Waals surface area contributed by atoms with Gasteiger partial charge in [0.25, 0.3) is 0 Å². The molecule has 0 unspecified atom stereocenters. The van der Waals surface area contributed by atoms with E-state index >= 15 is 0 Å². The molecule has 0 saturated carbocycles. The van der Waals surface area contributed by atoms with Crippen molar-refractivity contribution in [2.75, 3.05) is 11.9 Å². The first kappa shape index (κ1) is 15.7. The second-order valence-corrected chi connectivity index (χ2v) is 3.71. The number of rotatable bonds is 4. The van der Waals surface area contributed by atoms with E-state index < -0.39 is 48.2 Å². The molecule has 0 spiro atoms. The van der Waals surface area contributed by atoms with E-state index in [0.29, 0.717) is 0 Å². The highest BCUT2D eigenvalue weighted by atomic mass is 19.4. The molecule has 0 heterocycles. The number of carbonyl (C=O) groups is 2. The molecule has 1 rings (SSSR count). The van der Waals surface area contributed by atoms with Crippen molar-refractivity contribution < 1.29 is 32.3 Å². The number of alkyl halides is 3. The highest BCUT2D eigenvalue weighted by molar-refractivity contribution is 6.00. The maximum Gasteiger partial charge on any atom is 0.390 e. The molecule has 110 valence electrons. The molecular formula is C11H10F4N2O3. The summed E-state index contributed by atoms with van der Waals surface area (Å²) in [4.78, 5) is 22.1. The third kappa shape index (κ3) is 4.75. The van der Waals surface area contributed by atoms with Gasteiger partial charge in [-0.25, -0.2) is 14.0 Å². The lowest BCUT2D eigenvalue weighted by atomic mass is 10.1. The van der Waals surface area contributed by atoms with Gasteiger partial charge in [-0.1, -0.05) is 6.07 Å². The van der Waals surface area contributed by atoms with E-state index in [1.54, 1.807) is 0 Å². The zero-order valence-corrected chi connectivity index (χ0v) is 9.92. The number of carboxylic acids is 1. The predicted molar refractivity (Wildman–Crippen MR) is 61.1 cm³/mol. The van der Waals surface area contributed by atoms with E-state index in [9.17, 15) is 27.2 Å². The molecule has 3 N–H and O–H groups in total. The van der Waals surface area contributed by atoms with E-state index in [1.807, 2.05) is 10.6 Å². The van der Waals surface area contributed by atoms with E-state index in [1.165, 1.54) is 0 Å². The number of benzene rings is 1. The highest BCUT2D eigenvalue weighted by Crippen LogP contribution is 2.20. The van der Waals surface area contributed by atoms with Crippen molar-refractivity contribution in [2.45, 2.75) is 12.6 Å². The van der Waals surface area contributed by atoms with Gasteiger partial charge in [0.15, 0.2) is 0 Å². The Morgan fingerprint density at radius 1 is 1.25 bits per heavy atom. The second-order valence-electron chi connectivity index (χ2n) is 3.71. The summed E-state index contributed by atoms with van der Waals surface area (Å²) in [6.45, 7) is -0.702. The third-order valence-corrected chi connectivity index (χ3v) is 2.18. The molecule has 1 aromatic rings. The average Bonchev–Trinajstić information content (AvgIpc) is 2.29. The van der Waals surface area contributed by atoms with Crippen LogP contribution < -0.4 is 10.6 Å². The summed E-state index contributed by atoms with van der Waals surface area (Å²) < 4.78 is 49.0. The van der Waals surface area contributed by atoms with Crippen LogP contribution in [0.2, 0.25) is 0 Å². The summed E-state index contributed by atoms with van der Waals surface area (Å²) in [6.07, 6.45) is -5.68. The second kappa shape index (κ2) is 6.22. The Kier molecular flexibility index (Phi) is 4.89. The number of hydrogen-bond donors (Lipinski definition) is 3. The highest BCUT2D eigenvalue weighted by Gasteiger charge is 2.26. The number of nitrogens with one attached hydrogen (secondary N) is 2. The maximum absolute atomic E-state index is 13.4. The minimum atomic E-state index is -4.43. The fraction of sp³-hybridized carbons (Fsp3) is 0.273. The monoisotopic (exact) mass is 294 g/mol. The summed E-state index contributed by atoms with van der Waals surface area (Å²) in [5, 5.41) is 12.5. The number of aromatic carboxylic acids is 1. The minimum absolute atomic E-state index is 0.504.